The summed E-state index contributed by atoms with van der Waals surface area (Å²) in [4.78, 5) is 54.7. The Labute approximate surface area is 223 Å². The van der Waals surface area contributed by atoms with E-state index in [1.165, 1.54) is 9.13 Å². The third-order valence-electron chi connectivity index (χ3n) is 7.67. The second-order valence-corrected chi connectivity index (χ2v) is 10.0. The van der Waals surface area contributed by atoms with Gasteiger partial charge in [-0.1, -0.05) is 11.6 Å². The quantitative estimate of drug-likeness (QED) is 0.421. The van der Waals surface area contributed by atoms with Crippen molar-refractivity contribution in [2.24, 2.45) is 7.05 Å². The molecule has 200 valence electrons. The first-order valence-electron chi connectivity index (χ1n) is 12.9. The molecular weight excluding hydrogens is 508 g/mol. The number of aromatic nitrogens is 4. The van der Waals surface area contributed by atoms with Gasteiger partial charge in [-0.2, -0.15) is 0 Å². The van der Waals surface area contributed by atoms with Crippen LogP contribution in [0.5, 0.6) is 0 Å². The molecule has 0 spiro atoms. The van der Waals surface area contributed by atoms with Crippen LogP contribution in [0.1, 0.15) is 43.1 Å². The fourth-order valence-corrected chi connectivity index (χ4v) is 5.80. The Morgan fingerprint density at radius 1 is 0.947 bits per heavy atom. The number of rotatable bonds is 5. The Morgan fingerprint density at radius 2 is 1.58 bits per heavy atom. The van der Waals surface area contributed by atoms with Crippen LogP contribution < -0.4 is 22.3 Å². The van der Waals surface area contributed by atoms with Crippen molar-refractivity contribution in [3.8, 4) is 0 Å². The summed E-state index contributed by atoms with van der Waals surface area (Å²) in [5.41, 5.74) is 2.34. The van der Waals surface area contributed by atoms with E-state index in [0.29, 0.717) is 66.2 Å². The number of anilines is 1. The number of carbonyl (C=O) groups is 1. The number of likely N-dealkylation sites (tertiary alicyclic amines) is 1. The van der Waals surface area contributed by atoms with E-state index in [1.54, 1.807) is 52.4 Å². The number of fused-ring (bicyclic) bond motifs is 2. The second-order valence-electron chi connectivity index (χ2n) is 9.61. The highest BCUT2D eigenvalue weighted by Gasteiger charge is 2.29. The standard InChI is InChI=1S/C27H31ClN6O4/c1-5-32-22-14-18(20(29-3)15-23(22)33(6-2)27(32)38)24(35)31-11-9-17(10-12-31)34-25(36)19-13-16(28)7-8-21(19)30(4)26(34)37/h7-8,13-15,17,29H,5-6,9-12H2,1-4H3. The zero-order valence-corrected chi connectivity index (χ0v) is 22.7. The monoisotopic (exact) mass is 538 g/mol. The van der Waals surface area contributed by atoms with Crippen LogP contribution in [0.25, 0.3) is 21.9 Å². The minimum atomic E-state index is -0.379. The van der Waals surface area contributed by atoms with Crippen molar-refractivity contribution in [3.63, 3.8) is 0 Å². The predicted octanol–water partition coefficient (Wildman–Crippen LogP) is 3.03. The molecule has 1 saturated heterocycles. The van der Waals surface area contributed by atoms with Gasteiger partial charge in [0.2, 0.25) is 0 Å². The molecule has 2 aromatic carbocycles. The summed E-state index contributed by atoms with van der Waals surface area (Å²) < 4.78 is 6.15. The first-order valence-corrected chi connectivity index (χ1v) is 13.2. The number of amides is 1. The lowest BCUT2D eigenvalue weighted by molar-refractivity contribution is 0.0692. The van der Waals surface area contributed by atoms with Crippen molar-refractivity contribution >= 4 is 45.1 Å². The molecule has 2 aromatic heterocycles. The maximum atomic E-state index is 13.7. The average molecular weight is 539 g/mol. The Kier molecular flexibility index (Phi) is 6.68. The van der Waals surface area contributed by atoms with Crippen molar-refractivity contribution in [1.29, 1.82) is 0 Å². The maximum absolute atomic E-state index is 13.7. The highest BCUT2D eigenvalue weighted by Crippen LogP contribution is 2.28. The van der Waals surface area contributed by atoms with Crippen molar-refractivity contribution in [3.05, 3.63) is 72.2 Å². The average Bonchev–Trinajstić information content (AvgIpc) is 3.20. The first kappa shape index (κ1) is 25.8. The van der Waals surface area contributed by atoms with E-state index in [4.69, 9.17) is 11.6 Å². The molecule has 0 bridgehead atoms. The highest BCUT2D eigenvalue weighted by molar-refractivity contribution is 6.31. The molecule has 38 heavy (non-hydrogen) atoms. The third kappa shape index (κ3) is 3.94. The Morgan fingerprint density at radius 3 is 2.18 bits per heavy atom. The molecule has 3 heterocycles. The van der Waals surface area contributed by atoms with Crippen molar-refractivity contribution < 1.29 is 4.79 Å². The van der Waals surface area contributed by atoms with Crippen LogP contribution in [-0.4, -0.2) is 49.2 Å². The molecule has 11 heteroatoms. The van der Waals surface area contributed by atoms with Gasteiger partial charge in [0.05, 0.1) is 27.5 Å². The number of imidazole rings is 1. The van der Waals surface area contributed by atoms with Crippen LogP contribution in [0, 0.1) is 0 Å². The molecule has 0 unspecified atom stereocenters. The van der Waals surface area contributed by atoms with Gasteiger partial charge in [-0.25, -0.2) is 9.59 Å². The van der Waals surface area contributed by atoms with Crippen molar-refractivity contribution in [2.75, 3.05) is 25.5 Å². The van der Waals surface area contributed by atoms with Crippen LogP contribution in [0.15, 0.2) is 44.7 Å². The first-order chi connectivity index (χ1) is 18.2. The summed E-state index contributed by atoms with van der Waals surface area (Å²) in [5.74, 6) is -0.153. The SMILES string of the molecule is CCn1c(=O)n(CC)c2cc(C(=O)N3CCC(n4c(=O)c5cc(Cl)ccc5n(C)c4=O)CC3)c(NC)cc21. The number of nitrogens with one attached hydrogen (secondary N) is 1. The minimum Gasteiger partial charge on any atom is -0.387 e. The molecule has 0 saturated carbocycles. The molecule has 0 atom stereocenters. The lowest BCUT2D eigenvalue weighted by Gasteiger charge is -2.33. The zero-order chi connectivity index (χ0) is 27.3. The smallest absolute Gasteiger partial charge is 0.331 e. The fraction of sp³-hybridized carbons (Fsp3) is 0.407. The van der Waals surface area contributed by atoms with Gasteiger partial charge >= 0.3 is 11.4 Å². The van der Waals surface area contributed by atoms with Crippen LogP contribution >= 0.6 is 11.6 Å². The summed E-state index contributed by atoms with van der Waals surface area (Å²) in [7, 11) is 3.40. The van der Waals surface area contributed by atoms with Crippen LogP contribution in [0.3, 0.4) is 0 Å². The Hall–Kier alpha value is -3.79. The van der Waals surface area contributed by atoms with Gasteiger partial charge in [-0.3, -0.25) is 27.9 Å². The van der Waals surface area contributed by atoms with E-state index in [0.717, 1.165) is 11.0 Å². The van der Waals surface area contributed by atoms with Gasteiger partial charge in [0.25, 0.3) is 11.5 Å². The van der Waals surface area contributed by atoms with Crippen molar-refractivity contribution in [2.45, 2.75) is 45.8 Å². The van der Waals surface area contributed by atoms with Gasteiger partial charge in [0.15, 0.2) is 0 Å². The molecule has 1 amide bonds. The molecule has 1 fully saturated rings. The maximum Gasteiger partial charge on any atom is 0.331 e. The summed E-state index contributed by atoms with van der Waals surface area (Å²) in [5, 5.41) is 3.94. The number of benzene rings is 2. The largest absolute Gasteiger partial charge is 0.387 e. The Balaban J connectivity index is 1.46. The van der Waals surface area contributed by atoms with Gasteiger partial charge in [0, 0.05) is 57.0 Å². The van der Waals surface area contributed by atoms with Crippen molar-refractivity contribution in [1.82, 2.24) is 23.2 Å². The van der Waals surface area contributed by atoms with Crippen LogP contribution in [0.2, 0.25) is 5.02 Å². The number of hydrogen-bond acceptors (Lipinski definition) is 5. The molecule has 10 nitrogen and oxygen atoms in total. The fourth-order valence-electron chi connectivity index (χ4n) is 5.63. The number of nitrogens with zero attached hydrogens (tertiary/aromatic N) is 5. The number of halogens is 1. The lowest BCUT2D eigenvalue weighted by Crippen LogP contribution is -2.46. The number of piperidine rings is 1. The van der Waals surface area contributed by atoms with E-state index in [9.17, 15) is 19.2 Å². The van der Waals surface area contributed by atoms with Gasteiger partial charge in [0.1, 0.15) is 0 Å². The normalized spacial score (nSPS) is 14.5. The van der Waals surface area contributed by atoms with E-state index in [2.05, 4.69) is 5.32 Å². The van der Waals surface area contributed by atoms with Gasteiger partial charge in [-0.15, -0.1) is 0 Å². The number of hydrogen-bond donors (Lipinski definition) is 1. The zero-order valence-electron chi connectivity index (χ0n) is 22.0. The molecule has 1 N–H and O–H groups in total. The molecular formula is C27H31ClN6O4. The molecule has 1 aliphatic heterocycles. The highest BCUT2D eigenvalue weighted by atomic mass is 35.5. The predicted molar refractivity (Wildman–Crippen MR) is 150 cm³/mol. The van der Waals surface area contributed by atoms with Crippen LogP contribution in [-0.2, 0) is 20.1 Å². The molecule has 1 aliphatic rings. The van der Waals surface area contributed by atoms with E-state index < -0.39 is 0 Å². The molecule has 0 aliphatic carbocycles. The third-order valence-corrected chi connectivity index (χ3v) is 7.90. The number of aryl methyl sites for hydroxylation is 3. The lowest BCUT2D eigenvalue weighted by atomic mass is 10.0. The summed E-state index contributed by atoms with van der Waals surface area (Å²) in [6.45, 7) is 5.65. The second kappa shape index (κ2) is 9.83. The topological polar surface area (TPSA) is 103 Å². The number of carbonyl (C=O) groups excluding carboxylic acids is 1. The summed E-state index contributed by atoms with van der Waals surface area (Å²) in [6.07, 6.45) is 0.936. The summed E-state index contributed by atoms with van der Waals surface area (Å²) >= 11 is 6.13. The van der Waals surface area contributed by atoms with Gasteiger partial charge < -0.3 is 10.2 Å². The molecule has 0 radical (unpaired) electrons. The molecule has 4 aromatic rings. The van der Waals surface area contributed by atoms with Crippen LogP contribution in [0.4, 0.5) is 5.69 Å². The Bertz CT molecular complexity index is 1750. The minimum absolute atomic E-state index is 0.0961. The molecule has 5 rings (SSSR count). The van der Waals surface area contributed by atoms with E-state index in [1.807, 2.05) is 19.9 Å². The summed E-state index contributed by atoms with van der Waals surface area (Å²) in [6, 6.07) is 8.24. The van der Waals surface area contributed by atoms with E-state index >= 15 is 0 Å². The van der Waals surface area contributed by atoms with E-state index in [-0.39, 0.29) is 28.9 Å². The van der Waals surface area contributed by atoms with Gasteiger partial charge in [-0.05, 0) is 57.0 Å².